The van der Waals surface area contributed by atoms with E-state index in [-0.39, 0.29) is 0 Å². The number of hydrogen-bond donors (Lipinski definition) is 1. The highest BCUT2D eigenvalue weighted by Crippen LogP contribution is 2.35. The van der Waals surface area contributed by atoms with Crippen molar-refractivity contribution in [2.24, 2.45) is 0 Å². The normalized spacial score (nSPS) is 14.0. The second-order valence-corrected chi connectivity index (χ2v) is 7.08. The van der Waals surface area contributed by atoms with Crippen molar-refractivity contribution >= 4 is 25.5 Å². The molecule has 1 aromatic rings. The van der Waals surface area contributed by atoms with Gasteiger partial charge in [0.2, 0.25) is 0 Å². The van der Waals surface area contributed by atoms with Crippen LogP contribution in [0.1, 0.15) is 0 Å². The van der Waals surface area contributed by atoms with Crippen LogP contribution in [0.2, 0.25) is 0 Å². The molecule has 5 nitrogen and oxygen atoms in total. The van der Waals surface area contributed by atoms with Crippen molar-refractivity contribution in [2.45, 2.75) is 15.9 Å². The van der Waals surface area contributed by atoms with E-state index in [9.17, 15) is 43.2 Å². The Morgan fingerprint density at radius 3 is 1.71 bits per heavy atom. The first-order valence-corrected chi connectivity index (χ1v) is 7.66. The van der Waals surface area contributed by atoms with Crippen LogP contribution >= 0.6 is 0 Å². The van der Waals surface area contributed by atoms with Crippen LogP contribution in [0.3, 0.4) is 0 Å². The molecule has 0 unspecified atom stereocenters. The summed E-state index contributed by atoms with van der Waals surface area (Å²) in [6.45, 7) is 0. The Bertz CT molecular complexity index is 735. The zero-order valence-corrected chi connectivity index (χ0v) is 11.2. The van der Waals surface area contributed by atoms with Crippen LogP contribution in [0.4, 0.5) is 32.0 Å². The first kappa shape index (κ1) is 17.6. The second-order valence-electron chi connectivity index (χ2n) is 3.50. The summed E-state index contributed by atoms with van der Waals surface area (Å²) in [5.74, 6) is 0. The van der Waals surface area contributed by atoms with Crippen LogP contribution in [0, 0.1) is 0 Å². The van der Waals surface area contributed by atoms with Crippen molar-refractivity contribution in [3.63, 3.8) is 0 Å². The van der Waals surface area contributed by atoms with E-state index in [4.69, 9.17) is 0 Å². The number of sulfone groups is 1. The van der Waals surface area contributed by atoms with E-state index in [0.29, 0.717) is 12.1 Å². The largest absolute Gasteiger partial charge is 0.516 e. The maximum Gasteiger partial charge on any atom is 0.516 e. The molecule has 0 saturated heterocycles. The molecule has 1 N–H and O–H groups in total. The van der Waals surface area contributed by atoms with Crippen LogP contribution in [0.25, 0.3) is 0 Å². The van der Waals surface area contributed by atoms with Crippen molar-refractivity contribution in [2.75, 3.05) is 4.72 Å². The van der Waals surface area contributed by atoms with Gasteiger partial charge in [0.25, 0.3) is 9.84 Å². The summed E-state index contributed by atoms with van der Waals surface area (Å²) in [6, 6.07) is 2.45. The van der Waals surface area contributed by atoms with E-state index in [1.165, 1.54) is 0 Å². The molecular formula is C8H5F6NO4S2. The highest BCUT2D eigenvalue weighted by molar-refractivity contribution is 7.94. The molecule has 0 aliphatic carbocycles. The van der Waals surface area contributed by atoms with Crippen LogP contribution in [-0.2, 0) is 19.9 Å². The van der Waals surface area contributed by atoms with Gasteiger partial charge in [-0.2, -0.15) is 34.8 Å². The molecule has 13 heteroatoms. The summed E-state index contributed by atoms with van der Waals surface area (Å²) in [5.41, 5.74) is -13.0. The van der Waals surface area contributed by atoms with E-state index in [1.807, 2.05) is 0 Å². The average Bonchev–Trinajstić information content (AvgIpc) is 2.25. The maximum absolute atomic E-state index is 12.4. The molecule has 0 bridgehead atoms. The number of sulfonamides is 1. The van der Waals surface area contributed by atoms with Gasteiger partial charge < -0.3 is 0 Å². The van der Waals surface area contributed by atoms with E-state index < -0.39 is 41.5 Å². The first-order chi connectivity index (χ1) is 9.20. The third-order valence-corrected chi connectivity index (χ3v) is 4.67. The molecule has 0 spiro atoms. The third kappa shape index (κ3) is 3.40. The lowest BCUT2D eigenvalue weighted by molar-refractivity contribution is -0.0437. The van der Waals surface area contributed by atoms with Crippen LogP contribution in [0.15, 0.2) is 29.2 Å². The van der Waals surface area contributed by atoms with Crippen molar-refractivity contribution in [1.29, 1.82) is 0 Å². The van der Waals surface area contributed by atoms with E-state index in [0.717, 1.165) is 16.9 Å². The van der Waals surface area contributed by atoms with Gasteiger partial charge in [0.15, 0.2) is 0 Å². The van der Waals surface area contributed by atoms with Crippen molar-refractivity contribution in [1.82, 2.24) is 0 Å². The first-order valence-electron chi connectivity index (χ1n) is 4.69. The molecule has 0 atom stereocenters. The minimum absolute atomic E-state index is 0.330. The molecule has 0 fully saturated rings. The van der Waals surface area contributed by atoms with Crippen LogP contribution in [-0.4, -0.2) is 27.9 Å². The summed E-state index contributed by atoms with van der Waals surface area (Å²) < 4.78 is 118. The van der Waals surface area contributed by atoms with Gasteiger partial charge in [-0.15, -0.1) is 0 Å². The summed E-state index contributed by atoms with van der Waals surface area (Å²) in [4.78, 5) is -1.63. The number of halogens is 6. The quantitative estimate of drug-likeness (QED) is 0.842. The van der Waals surface area contributed by atoms with Gasteiger partial charge >= 0.3 is 21.0 Å². The Balaban J connectivity index is 3.45. The van der Waals surface area contributed by atoms with Gasteiger partial charge in [0.1, 0.15) is 4.90 Å². The number of para-hydroxylation sites is 1. The number of benzene rings is 1. The highest BCUT2D eigenvalue weighted by Gasteiger charge is 2.50. The third-order valence-electron chi connectivity index (χ3n) is 2.03. The number of rotatable bonds is 3. The molecular weight excluding hydrogens is 352 g/mol. The SMILES string of the molecule is O=S(=O)(Nc1ccccc1S(=O)(=O)C(F)(F)F)C(F)(F)F. The summed E-state index contributed by atoms with van der Waals surface area (Å²) in [6.07, 6.45) is 0. The topological polar surface area (TPSA) is 80.3 Å². The Kier molecular flexibility index (Phi) is 4.22. The van der Waals surface area contributed by atoms with Gasteiger partial charge in [0.05, 0.1) is 5.69 Å². The van der Waals surface area contributed by atoms with Crippen molar-refractivity contribution in [3.8, 4) is 0 Å². The summed E-state index contributed by atoms with van der Waals surface area (Å²) >= 11 is 0. The van der Waals surface area contributed by atoms with Crippen molar-refractivity contribution in [3.05, 3.63) is 24.3 Å². The zero-order chi connectivity index (χ0) is 16.7. The van der Waals surface area contributed by atoms with E-state index >= 15 is 0 Å². The van der Waals surface area contributed by atoms with Crippen LogP contribution in [0.5, 0.6) is 0 Å². The Labute approximate surface area is 114 Å². The van der Waals surface area contributed by atoms with Crippen LogP contribution < -0.4 is 4.72 Å². The zero-order valence-electron chi connectivity index (χ0n) is 9.53. The second kappa shape index (κ2) is 5.05. The van der Waals surface area contributed by atoms with E-state index in [1.54, 1.807) is 0 Å². The molecule has 0 amide bonds. The lowest BCUT2D eigenvalue weighted by atomic mass is 10.3. The maximum atomic E-state index is 12.4. The van der Waals surface area contributed by atoms with Gasteiger partial charge in [-0.3, -0.25) is 4.72 Å². The van der Waals surface area contributed by atoms with Gasteiger partial charge in [-0.05, 0) is 12.1 Å². The van der Waals surface area contributed by atoms with Gasteiger partial charge in [-0.1, -0.05) is 12.1 Å². The van der Waals surface area contributed by atoms with Gasteiger partial charge in [0, 0.05) is 0 Å². The fraction of sp³-hybridized carbons (Fsp3) is 0.250. The van der Waals surface area contributed by atoms with Crippen molar-refractivity contribution < 1.29 is 43.2 Å². The average molecular weight is 357 g/mol. The smallest absolute Gasteiger partial charge is 0.275 e. The summed E-state index contributed by atoms with van der Waals surface area (Å²) in [5, 5.41) is 0. The molecule has 0 aliphatic rings. The molecule has 120 valence electrons. The number of hydrogen-bond acceptors (Lipinski definition) is 4. The molecule has 0 aliphatic heterocycles. The number of anilines is 1. The van der Waals surface area contributed by atoms with E-state index in [2.05, 4.69) is 0 Å². The molecule has 0 radical (unpaired) electrons. The Morgan fingerprint density at radius 2 is 1.29 bits per heavy atom. The molecule has 21 heavy (non-hydrogen) atoms. The predicted octanol–water partition coefficient (Wildman–Crippen LogP) is 2.24. The van der Waals surface area contributed by atoms with Gasteiger partial charge in [-0.25, -0.2) is 8.42 Å². The fourth-order valence-electron chi connectivity index (χ4n) is 1.11. The summed E-state index contributed by atoms with van der Waals surface area (Å²) in [7, 11) is -12.1. The Morgan fingerprint density at radius 1 is 0.810 bits per heavy atom. The predicted molar refractivity (Wildman–Crippen MR) is 58.3 cm³/mol. The minimum atomic E-state index is -6.06. The lowest BCUT2D eigenvalue weighted by Gasteiger charge is -2.15. The molecule has 1 rings (SSSR count). The minimum Gasteiger partial charge on any atom is -0.275 e. The number of alkyl halides is 6. The Hall–Kier alpha value is -1.50. The fourth-order valence-corrected chi connectivity index (χ4v) is 2.68. The molecule has 0 aromatic heterocycles. The highest BCUT2D eigenvalue weighted by atomic mass is 32.2. The lowest BCUT2D eigenvalue weighted by Crippen LogP contribution is -2.31. The molecule has 0 heterocycles. The number of nitrogens with one attached hydrogen (secondary N) is 1. The molecule has 1 aromatic carbocycles. The molecule has 0 saturated carbocycles. The standard InChI is InChI=1S/C8H5F6NO4S2/c9-7(10,11)20(16,17)6-4-2-1-3-5(6)15-21(18,19)8(12,13)14/h1-4,15H. The monoisotopic (exact) mass is 357 g/mol.